The van der Waals surface area contributed by atoms with E-state index < -0.39 is 11.6 Å². The number of benzene rings is 1. The SMILES string of the molecule is Fc1cccc([C@@H]2CN(Cc3cnc[nH]3)[C@@H]3C4CCN(CC4)[C@@H]32)c1F. The molecule has 6 heteroatoms. The van der Waals surface area contributed by atoms with E-state index in [9.17, 15) is 8.78 Å². The van der Waals surface area contributed by atoms with Crippen LogP contribution in [-0.4, -0.2) is 51.5 Å². The van der Waals surface area contributed by atoms with Gasteiger partial charge in [-0.1, -0.05) is 12.1 Å². The number of hydrogen-bond acceptors (Lipinski definition) is 3. The van der Waals surface area contributed by atoms with Crippen molar-refractivity contribution in [2.45, 2.75) is 37.4 Å². The lowest BCUT2D eigenvalue weighted by atomic mass is 9.75. The second-order valence-electron chi connectivity index (χ2n) is 7.61. The zero-order valence-electron chi connectivity index (χ0n) is 14.0. The Morgan fingerprint density at radius 3 is 2.76 bits per heavy atom. The zero-order chi connectivity index (χ0) is 17.0. The highest BCUT2D eigenvalue weighted by Gasteiger charge is 2.53. The monoisotopic (exact) mass is 344 g/mol. The fraction of sp³-hybridized carbons (Fsp3) is 0.526. The van der Waals surface area contributed by atoms with Crippen LogP contribution in [0.15, 0.2) is 30.7 Å². The number of aromatic amines is 1. The molecule has 1 aromatic heterocycles. The molecular formula is C19H22F2N4. The summed E-state index contributed by atoms with van der Waals surface area (Å²) in [5, 5.41) is 0. The Bertz CT molecular complexity index is 755. The van der Waals surface area contributed by atoms with Crippen LogP contribution in [0.1, 0.15) is 30.0 Å². The molecule has 0 amide bonds. The van der Waals surface area contributed by atoms with Crippen LogP contribution in [0.3, 0.4) is 0 Å². The van der Waals surface area contributed by atoms with E-state index in [0.29, 0.717) is 17.5 Å². The number of imidazole rings is 1. The van der Waals surface area contributed by atoms with Crippen LogP contribution in [0.2, 0.25) is 0 Å². The molecule has 0 radical (unpaired) electrons. The van der Waals surface area contributed by atoms with Gasteiger partial charge in [-0.05, 0) is 43.5 Å². The second-order valence-corrected chi connectivity index (χ2v) is 7.61. The standard InChI is InChI=1S/C19H22F2N4/c20-16-3-1-2-14(17(16)21)15-10-25(9-13-8-22-11-23-13)18-12-4-6-24(7-5-12)19(15)18/h1-3,8,11-12,15,18-19H,4-7,9-10H2,(H,22,23)/t15-,18+,19+/m0/s1. The van der Waals surface area contributed by atoms with E-state index in [-0.39, 0.29) is 12.0 Å². The van der Waals surface area contributed by atoms with Crippen LogP contribution in [0.25, 0.3) is 0 Å². The van der Waals surface area contributed by atoms with Gasteiger partial charge < -0.3 is 4.98 Å². The lowest BCUT2D eigenvalue weighted by Gasteiger charge is -2.51. The highest BCUT2D eigenvalue weighted by molar-refractivity contribution is 5.29. The maximum atomic E-state index is 14.5. The van der Waals surface area contributed by atoms with Crippen molar-refractivity contribution < 1.29 is 8.78 Å². The first kappa shape index (κ1) is 15.5. The molecule has 0 saturated carbocycles. The van der Waals surface area contributed by atoms with Gasteiger partial charge in [0.15, 0.2) is 11.6 Å². The van der Waals surface area contributed by atoms with Crippen LogP contribution < -0.4 is 0 Å². The smallest absolute Gasteiger partial charge is 0.162 e. The Morgan fingerprint density at radius 2 is 2.00 bits per heavy atom. The number of likely N-dealkylation sites (tertiary alicyclic amines) is 1. The van der Waals surface area contributed by atoms with Gasteiger partial charge in [-0.15, -0.1) is 0 Å². The number of aromatic nitrogens is 2. The van der Waals surface area contributed by atoms with Gasteiger partial charge in [0.2, 0.25) is 0 Å². The van der Waals surface area contributed by atoms with Gasteiger partial charge >= 0.3 is 0 Å². The largest absolute Gasteiger partial charge is 0.347 e. The van der Waals surface area contributed by atoms with Crippen LogP contribution in [0.5, 0.6) is 0 Å². The Balaban J connectivity index is 1.52. The highest BCUT2D eigenvalue weighted by atomic mass is 19.2. The molecule has 0 aliphatic carbocycles. The quantitative estimate of drug-likeness (QED) is 0.930. The topological polar surface area (TPSA) is 35.2 Å². The molecule has 2 bridgehead atoms. The Kier molecular flexibility index (Phi) is 3.64. The molecule has 132 valence electrons. The molecule has 1 aromatic carbocycles. The number of piperidine rings is 3. The molecule has 1 N–H and O–H groups in total. The maximum Gasteiger partial charge on any atom is 0.162 e. The van der Waals surface area contributed by atoms with Crippen molar-refractivity contribution in [3.8, 4) is 0 Å². The molecule has 4 aliphatic rings. The summed E-state index contributed by atoms with van der Waals surface area (Å²) in [6.07, 6.45) is 5.97. The van der Waals surface area contributed by atoms with Crippen molar-refractivity contribution in [2.24, 2.45) is 5.92 Å². The first-order valence-corrected chi connectivity index (χ1v) is 9.11. The first-order valence-electron chi connectivity index (χ1n) is 9.11. The third kappa shape index (κ3) is 2.42. The van der Waals surface area contributed by atoms with Crippen LogP contribution in [0, 0.1) is 17.6 Å². The second kappa shape index (κ2) is 5.88. The lowest BCUT2D eigenvalue weighted by Crippen LogP contribution is -2.60. The van der Waals surface area contributed by atoms with Crippen molar-refractivity contribution in [1.29, 1.82) is 0 Å². The van der Waals surface area contributed by atoms with E-state index in [1.807, 2.05) is 6.20 Å². The number of halogens is 2. The summed E-state index contributed by atoms with van der Waals surface area (Å²) >= 11 is 0. The number of nitrogens with one attached hydrogen (secondary N) is 1. The molecule has 25 heavy (non-hydrogen) atoms. The minimum absolute atomic E-state index is 0.0201. The summed E-state index contributed by atoms with van der Waals surface area (Å²) in [7, 11) is 0. The molecule has 4 saturated heterocycles. The first-order chi connectivity index (χ1) is 12.2. The molecule has 6 rings (SSSR count). The van der Waals surface area contributed by atoms with Gasteiger partial charge in [0.05, 0.1) is 6.33 Å². The number of H-pyrrole nitrogens is 1. The van der Waals surface area contributed by atoms with Crippen molar-refractivity contribution >= 4 is 0 Å². The Hall–Kier alpha value is -1.79. The maximum absolute atomic E-state index is 14.5. The number of hydrogen-bond donors (Lipinski definition) is 1. The zero-order valence-corrected chi connectivity index (χ0v) is 14.0. The summed E-state index contributed by atoms with van der Waals surface area (Å²) in [4.78, 5) is 12.3. The third-order valence-corrected chi connectivity index (χ3v) is 6.40. The predicted octanol–water partition coefficient (Wildman–Crippen LogP) is 2.75. The number of nitrogens with zero attached hydrogens (tertiary/aromatic N) is 3. The van der Waals surface area contributed by atoms with E-state index in [4.69, 9.17) is 0 Å². The van der Waals surface area contributed by atoms with Crippen molar-refractivity contribution in [3.63, 3.8) is 0 Å². The van der Waals surface area contributed by atoms with E-state index in [0.717, 1.165) is 31.9 Å². The summed E-state index contributed by atoms with van der Waals surface area (Å²) in [5.41, 5.74) is 1.62. The summed E-state index contributed by atoms with van der Waals surface area (Å²) in [5.74, 6) is -0.736. The summed E-state index contributed by atoms with van der Waals surface area (Å²) in [6.45, 7) is 3.72. The van der Waals surface area contributed by atoms with Crippen molar-refractivity contribution in [1.82, 2.24) is 19.8 Å². The molecule has 0 spiro atoms. The van der Waals surface area contributed by atoms with Gasteiger partial charge in [-0.2, -0.15) is 0 Å². The fourth-order valence-electron chi connectivity index (χ4n) is 5.39. The average Bonchev–Trinajstić information content (AvgIpc) is 3.28. The van der Waals surface area contributed by atoms with Gasteiger partial charge in [0.25, 0.3) is 0 Å². The van der Waals surface area contributed by atoms with Gasteiger partial charge in [-0.3, -0.25) is 9.80 Å². The number of rotatable bonds is 3. The van der Waals surface area contributed by atoms with Gasteiger partial charge in [0.1, 0.15) is 0 Å². The van der Waals surface area contributed by atoms with E-state index in [1.165, 1.54) is 18.9 Å². The average molecular weight is 344 g/mol. The van der Waals surface area contributed by atoms with Gasteiger partial charge in [0, 0.05) is 43.0 Å². The molecule has 5 heterocycles. The van der Waals surface area contributed by atoms with Gasteiger partial charge in [-0.25, -0.2) is 13.8 Å². The molecule has 2 aromatic rings. The van der Waals surface area contributed by atoms with Crippen LogP contribution in [0.4, 0.5) is 8.78 Å². The molecule has 3 atom stereocenters. The minimum Gasteiger partial charge on any atom is -0.347 e. The highest BCUT2D eigenvalue weighted by Crippen LogP contribution is 2.47. The Morgan fingerprint density at radius 1 is 1.16 bits per heavy atom. The molecule has 0 unspecified atom stereocenters. The Labute approximate surface area is 145 Å². The van der Waals surface area contributed by atoms with Crippen LogP contribution >= 0.6 is 0 Å². The number of fused-ring (bicyclic) bond motifs is 2. The fourth-order valence-corrected chi connectivity index (χ4v) is 5.39. The summed E-state index contributed by atoms with van der Waals surface area (Å²) in [6, 6.07) is 5.31. The molecule has 4 fully saturated rings. The predicted molar refractivity (Wildman–Crippen MR) is 90.0 cm³/mol. The third-order valence-electron chi connectivity index (χ3n) is 6.40. The lowest BCUT2D eigenvalue weighted by molar-refractivity contribution is -0.00914. The minimum atomic E-state index is -0.739. The molecule has 4 nitrogen and oxygen atoms in total. The molecular weight excluding hydrogens is 322 g/mol. The van der Waals surface area contributed by atoms with E-state index in [2.05, 4.69) is 19.8 Å². The van der Waals surface area contributed by atoms with Crippen molar-refractivity contribution in [2.75, 3.05) is 19.6 Å². The van der Waals surface area contributed by atoms with Crippen LogP contribution in [-0.2, 0) is 6.54 Å². The van der Waals surface area contributed by atoms with Crippen molar-refractivity contribution in [3.05, 3.63) is 53.6 Å². The van der Waals surface area contributed by atoms with E-state index >= 15 is 0 Å². The molecule has 4 aliphatic heterocycles. The summed E-state index contributed by atoms with van der Waals surface area (Å²) < 4.78 is 28.4. The van der Waals surface area contributed by atoms with E-state index in [1.54, 1.807) is 18.5 Å². The normalized spacial score (nSPS) is 34.4.